The van der Waals surface area contributed by atoms with E-state index in [2.05, 4.69) is 26.1 Å². The van der Waals surface area contributed by atoms with E-state index in [-0.39, 0.29) is 21.2 Å². The van der Waals surface area contributed by atoms with Gasteiger partial charge in [-0.2, -0.15) is 17.5 Å². The van der Waals surface area contributed by atoms with Crippen LogP contribution in [-0.2, 0) is 16.2 Å². The fourth-order valence-corrected chi connectivity index (χ4v) is 5.52. The van der Waals surface area contributed by atoms with Crippen molar-refractivity contribution < 1.29 is 26.0 Å². The zero-order valence-corrected chi connectivity index (χ0v) is 18.4. The van der Waals surface area contributed by atoms with Gasteiger partial charge in [0, 0.05) is 16.4 Å². The van der Waals surface area contributed by atoms with Crippen molar-refractivity contribution in [2.45, 2.75) is 63.7 Å². The summed E-state index contributed by atoms with van der Waals surface area (Å²) >= 11 is 2.96. The highest BCUT2D eigenvalue weighted by Crippen LogP contribution is 2.37. The van der Waals surface area contributed by atoms with Crippen molar-refractivity contribution in [2.24, 2.45) is 0 Å². The van der Waals surface area contributed by atoms with Gasteiger partial charge in [0.15, 0.2) is 0 Å². The molecule has 0 bridgehead atoms. The number of hydrogen-bond donors (Lipinski definition) is 0. The first kappa shape index (κ1) is 22.8. The molecule has 0 aliphatic carbocycles. The molecule has 0 saturated heterocycles. The predicted molar refractivity (Wildman–Crippen MR) is 100 cm³/mol. The average molecular weight is 484 g/mol. The lowest BCUT2D eigenvalue weighted by Gasteiger charge is -2.30. The summed E-state index contributed by atoms with van der Waals surface area (Å²) in [6, 6.07) is 1.12. The molecule has 28 heavy (non-hydrogen) atoms. The molecule has 0 unspecified atom stereocenters. The van der Waals surface area contributed by atoms with Crippen LogP contribution in [0.5, 0.6) is 0 Å². The maximum atomic E-state index is 13.2. The van der Waals surface area contributed by atoms with E-state index in [1.807, 2.05) is 13.8 Å². The third-order valence-electron chi connectivity index (χ3n) is 4.01. The van der Waals surface area contributed by atoms with E-state index in [1.54, 1.807) is 20.8 Å². The van der Waals surface area contributed by atoms with Crippen LogP contribution in [0.25, 0.3) is 0 Å². The second-order valence-electron chi connectivity index (χ2n) is 6.88. The average Bonchev–Trinajstić information content (AvgIpc) is 3.03. The van der Waals surface area contributed by atoms with Crippen LogP contribution in [0.3, 0.4) is 0 Å². The minimum atomic E-state index is -4.58. The Kier molecular flexibility index (Phi) is 6.61. The number of alkyl halides is 3. The SMILES string of the molecule is CC(C)c1nnc([C@H](C)N(C(C)C)S(=O)(=O)c2ccc(C(F)(F)F)cc2Br)o1. The van der Waals surface area contributed by atoms with Gasteiger partial charge in [-0.15, -0.1) is 10.2 Å². The van der Waals surface area contributed by atoms with E-state index in [1.165, 1.54) is 0 Å². The van der Waals surface area contributed by atoms with Crippen LogP contribution >= 0.6 is 15.9 Å². The van der Waals surface area contributed by atoms with Crippen LogP contribution in [-0.4, -0.2) is 29.0 Å². The Balaban J connectivity index is 2.49. The van der Waals surface area contributed by atoms with Crippen LogP contribution < -0.4 is 0 Å². The Hall–Kier alpha value is -1.46. The molecule has 156 valence electrons. The molecule has 1 aromatic carbocycles. The van der Waals surface area contributed by atoms with Gasteiger partial charge in [-0.3, -0.25) is 0 Å². The highest BCUT2D eigenvalue weighted by molar-refractivity contribution is 9.10. The third kappa shape index (κ3) is 4.57. The summed E-state index contributed by atoms with van der Waals surface area (Å²) in [4.78, 5) is -0.273. The normalized spacial score (nSPS) is 14.3. The Bertz CT molecular complexity index is 943. The molecule has 0 radical (unpaired) electrons. The van der Waals surface area contributed by atoms with Crippen molar-refractivity contribution in [1.29, 1.82) is 0 Å². The molecule has 1 heterocycles. The molecule has 0 spiro atoms. The van der Waals surface area contributed by atoms with Crippen molar-refractivity contribution >= 4 is 26.0 Å². The standard InChI is InChI=1S/C17H21BrF3N3O3S/c1-9(2)15-22-23-16(27-15)11(5)24(10(3)4)28(25,26)14-7-6-12(8-13(14)18)17(19,20)21/h6-11H,1-5H3/t11-/m0/s1. The topological polar surface area (TPSA) is 76.3 Å². The Morgan fingerprint density at radius 2 is 1.64 bits per heavy atom. The first-order valence-corrected chi connectivity index (χ1v) is 10.7. The molecule has 1 aromatic heterocycles. The molecule has 6 nitrogen and oxygen atoms in total. The highest BCUT2D eigenvalue weighted by atomic mass is 79.9. The van der Waals surface area contributed by atoms with Gasteiger partial charge in [0.2, 0.25) is 21.8 Å². The highest BCUT2D eigenvalue weighted by Gasteiger charge is 2.38. The monoisotopic (exact) mass is 483 g/mol. The lowest BCUT2D eigenvalue weighted by atomic mass is 10.2. The maximum Gasteiger partial charge on any atom is 0.416 e. The number of hydrogen-bond acceptors (Lipinski definition) is 5. The molecule has 0 aliphatic rings. The van der Waals surface area contributed by atoms with Gasteiger partial charge in [-0.25, -0.2) is 8.42 Å². The van der Waals surface area contributed by atoms with Crippen molar-refractivity contribution in [2.75, 3.05) is 0 Å². The van der Waals surface area contributed by atoms with Crippen molar-refractivity contribution in [3.8, 4) is 0 Å². The van der Waals surface area contributed by atoms with E-state index in [0.717, 1.165) is 22.5 Å². The molecule has 0 N–H and O–H groups in total. The zero-order chi connectivity index (χ0) is 21.4. The Morgan fingerprint density at radius 1 is 1.07 bits per heavy atom. The molecule has 0 fully saturated rings. The minimum absolute atomic E-state index is 0.0263. The molecular formula is C17H21BrF3N3O3S. The van der Waals surface area contributed by atoms with Crippen molar-refractivity contribution in [3.05, 3.63) is 40.0 Å². The number of halogens is 4. The van der Waals surface area contributed by atoms with Crippen molar-refractivity contribution in [3.63, 3.8) is 0 Å². The van der Waals surface area contributed by atoms with Gasteiger partial charge in [-0.1, -0.05) is 13.8 Å². The van der Waals surface area contributed by atoms with Crippen LogP contribution in [0, 0.1) is 0 Å². The number of nitrogens with zero attached hydrogens (tertiary/aromatic N) is 3. The molecule has 1 atom stereocenters. The van der Waals surface area contributed by atoms with E-state index >= 15 is 0 Å². The Morgan fingerprint density at radius 3 is 2.07 bits per heavy atom. The summed E-state index contributed by atoms with van der Waals surface area (Å²) in [5, 5.41) is 7.85. The number of aromatic nitrogens is 2. The predicted octanol–water partition coefficient (Wildman–Crippen LogP) is 5.13. The molecule has 2 rings (SSSR count). The van der Waals surface area contributed by atoms with Crippen LogP contribution in [0.4, 0.5) is 13.2 Å². The first-order valence-electron chi connectivity index (χ1n) is 8.50. The van der Waals surface area contributed by atoms with E-state index in [0.29, 0.717) is 5.89 Å². The van der Waals surface area contributed by atoms with Gasteiger partial charge in [-0.05, 0) is 54.9 Å². The fourth-order valence-electron chi connectivity index (χ4n) is 2.69. The van der Waals surface area contributed by atoms with Gasteiger partial charge in [0.25, 0.3) is 0 Å². The number of sulfonamides is 1. The minimum Gasteiger partial charge on any atom is -0.423 e. The van der Waals surface area contributed by atoms with Crippen LogP contribution in [0.2, 0.25) is 0 Å². The lowest BCUT2D eigenvalue weighted by Crippen LogP contribution is -2.39. The first-order chi connectivity index (χ1) is 12.8. The maximum absolute atomic E-state index is 13.2. The van der Waals surface area contributed by atoms with Crippen LogP contribution in [0.15, 0.2) is 32.0 Å². The quantitative estimate of drug-likeness (QED) is 0.568. The molecule has 0 saturated carbocycles. The van der Waals surface area contributed by atoms with Crippen LogP contribution in [0.1, 0.15) is 63.9 Å². The fraction of sp³-hybridized carbons (Fsp3) is 0.529. The third-order valence-corrected chi connectivity index (χ3v) is 7.14. The second-order valence-corrected chi connectivity index (χ2v) is 9.55. The largest absolute Gasteiger partial charge is 0.423 e. The lowest BCUT2D eigenvalue weighted by molar-refractivity contribution is -0.137. The van der Waals surface area contributed by atoms with Gasteiger partial charge >= 0.3 is 6.18 Å². The summed E-state index contributed by atoms with van der Waals surface area (Å²) in [7, 11) is -4.16. The number of benzene rings is 1. The molecule has 0 aliphatic heterocycles. The smallest absolute Gasteiger partial charge is 0.416 e. The second kappa shape index (κ2) is 8.11. The van der Waals surface area contributed by atoms with E-state index in [9.17, 15) is 21.6 Å². The summed E-state index contributed by atoms with van der Waals surface area (Å²) in [6.45, 7) is 8.63. The Labute approximate surface area is 170 Å². The summed E-state index contributed by atoms with van der Waals surface area (Å²) in [6.07, 6.45) is -4.58. The van der Waals surface area contributed by atoms with Crippen molar-refractivity contribution in [1.82, 2.24) is 14.5 Å². The number of rotatable bonds is 6. The zero-order valence-electron chi connectivity index (χ0n) is 16.0. The molecule has 2 aromatic rings. The van der Waals surface area contributed by atoms with Gasteiger partial charge in [0.05, 0.1) is 10.5 Å². The van der Waals surface area contributed by atoms with E-state index < -0.39 is 33.8 Å². The molecular weight excluding hydrogens is 463 g/mol. The summed E-state index contributed by atoms with van der Waals surface area (Å²) in [5.41, 5.74) is -0.944. The molecule has 11 heteroatoms. The molecule has 0 amide bonds. The van der Waals surface area contributed by atoms with Gasteiger partial charge < -0.3 is 4.42 Å². The van der Waals surface area contributed by atoms with Gasteiger partial charge in [0.1, 0.15) is 6.04 Å². The summed E-state index contributed by atoms with van der Waals surface area (Å²) in [5.74, 6) is 0.462. The summed E-state index contributed by atoms with van der Waals surface area (Å²) < 4.78 is 71.7. The van der Waals surface area contributed by atoms with E-state index in [4.69, 9.17) is 4.42 Å².